The maximum Gasteiger partial charge on any atom is 0.339 e. The van der Waals surface area contributed by atoms with Gasteiger partial charge in [-0.15, -0.1) is 0 Å². The van der Waals surface area contributed by atoms with E-state index < -0.39 is 77.7 Å². The van der Waals surface area contributed by atoms with Gasteiger partial charge in [-0.3, -0.25) is 0 Å². The highest BCUT2D eigenvalue weighted by atomic mass is 16.7. The quantitative estimate of drug-likeness (QED) is 0.405. The standard InChI is InChI=1S/C26H32O11/c1-24-8-15(12-4-6-33-10-12)35-21(31)14(24)3-5-25(2)17(24)7-13-11-34-23(32)26(13,25)37-22-20(30)19(29)18(28)16(9-27)36-22/h3-4,6,10,13,15-20,22,27-30H,5,7-9,11H2,1-2H3/t13-,15-,16+,17-,18+,19-,20+,22-,24+,25-,26-/m0/s1. The Morgan fingerprint density at radius 3 is 2.62 bits per heavy atom. The maximum atomic E-state index is 13.5. The maximum absolute atomic E-state index is 13.5. The number of cyclic esters (lactones) is 2. The van der Waals surface area contributed by atoms with Crippen molar-refractivity contribution in [3.8, 4) is 0 Å². The van der Waals surface area contributed by atoms with Gasteiger partial charge < -0.3 is 43.8 Å². The van der Waals surface area contributed by atoms with Gasteiger partial charge in [0.2, 0.25) is 0 Å². The van der Waals surface area contributed by atoms with Gasteiger partial charge in [-0.25, -0.2) is 9.59 Å². The van der Waals surface area contributed by atoms with Crippen LogP contribution in [-0.2, 0) is 28.5 Å². The molecule has 4 N–H and O–H groups in total. The van der Waals surface area contributed by atoms with Gasteiger partial charge in [-0.2, -0.15) is 0 Å². The van der Waals surface area contributed by atoms with E-state index in [0.717, 1.165) is 5.56 Å². The van der Waals surface area contributed by atoms with Gasteiger partial charge in [0.05, 0.1) is 25.7 Å². The van der Waals surface area contributed by atoms with E-state index in [9.17, 15) is 30.0 Å². The third-order valence-electron chi connectivity index (χ3n) is 9.69. The summed E-state index contributed by atoms with van der Waals surface area (Å²) in [7, 11) is 0. The molecule has 0 radical (unpaired) electrons. The number of fused-ring (bicyclic) bond motifs is 5. The number of carbonyl (C=O) groups is 2. The highest BCUT2D eigenvalue weighted by molar-refractivity contribution is 5.92. The molecule has 11 atom stereocenters. The molecule has 202 valence electrons. The minimum atomic E-state index is -1.66. The van der Waals surface area contributed by atoms with Gasteiger partial charge in [-0.1, -0.05) is 19.9 Å². The smallest absolute Gasteiger partial charge is 0.339 e. The first kappa shape index (κ1) is 25.0. The highest BCUT2D eigenvalue weighted by Crippen LogP contribution is 2.70. The predicted molar refractivity (Wildman–Crippen MR) is 121 cm³/mol. The number of rotatable bonds is 4. The Morgan fingerprint density at radius 1 is 1.14 bits per heavy atom. The number of hydrogen-bond acceptors (Lipinski definition) is 11. The predicted octanol–water partition coefficient (Wildman–Crippen LogP) is 0.358. The fraction of sp³-hybridized carbons (Fsp3) is 0.692. The van der Waals surface area contributed by atoms with E-state index in [-0.39, 0.29) is 12.5 Å². The van der Waals surface area contributed by atoms with Gasteiger partial charge in [-0.05, 0) is 31.2 Å². The number of esters is 2. The molecule has 1 aromatic rings. The summed E-state index contributed by atoms with van der Waals surface area (Å²) in [4.78, 5) is 26.7. The molecular formula is C26H32O11. The average Bonchev–Trinajstić information content (AvgIpc) is 3.56. The fourth-order valence-corrected chi connectivity index (χ4v) is 7.76. The summed E-state index contributed by atoms with van der Waals surface area (Å²) < 4.78 is 28.5. The van der Waals surface area contributed by atoms with Crippen molar-refractivity contribution in [1.29, 1.82) is 0 Å². The molecule has 0 unspecified atom stereocenters. The molecule has 1 aromatic heterocycles. The number of ether oxygens (including phenoxy) is 4. The zero-order valence-corrected chi connectivity index (χ0v) is 20.6. The van der Waals surface area contributed by atoms with E-state index in [1.807, 2.05) is 19.9 Å². The summed E-state index contributed by atoms with van der Waals surface area (Å²) in [5, 5.41) is 40.9. The van der Waals surface area contributed by atoms with Crippen LogP contribution in [0.1, 0.15) is 44.8 Å². The molecule has 37 heavy (non-hydrogen) atoms. The lowest BCUT2D eigenvalue weighted by Crippen LogP contribution is -2.65. The number of furan rings is 1. The van der Waals surface area contributed by atoms with Gasteiger partial charge >= 0.3 is 11.9 Å². The Kier molecular flexibility index (Phi) is 5.65. The highest BCUT2D eigenvalue weighted by Gasteiger charge is 2.76. The minimum absolute atomic E-state index is 0.101. The number of hydrogen-bond donors (Lipinski definition) is 4. The first-order chi connectivity index (χ1) is 17.6. The monoisotopic (exact) mass is 520 g/mol. The third-order valence-corrected chi connectivity index (χ3v) is 9.69. The first-order valence-electron chi connectivity index (χ1n) is 12.7. The van der Waals surface area contributed by atoms with E-state index in [1.165, 1.54) is 6.26 Å². The van der Waals surface area contributed by atoms with E-state index in [0.29, 0.717) is 24.8 Å². The summed E-state index contributed by atoms with van der Waals surface area (Å²) in [6.45, 7) is 3.43. The van der Waals surface area contributed by atoms with Gasteiger partial charge in [0, 0.05) is 27.9 Å². The normalized spacial score (nSPS) is 49.0. The zero-order valence-electron chi connectivity index (χ0n) is 20.6. The van der Waals surface area contributed by atoms with E-state index in [1.54, 1.807) is 12.3 Å². The Hall–Kier alpha value is -2.28. The Bertz CT molecular complexity index is 1110. The molecule has 4 fully saturated rings. The van der Waals surface area contributed by atoms with Crippen LogP contribution in [0.25, 0.3) is 0 Å². The fourth-order valence-electron chi connectivity index (χ4n) is 7.76. The molecular weight excluding hydrogens is 488 g/mol. The van der Waals surface area contributed by atoms with E-state index in [4.69, 9.17) is 23.4 Å². The van der Waals surface area contributed by atoms with Crippen molar-refractivity contribution in [2.24, 2.45) is 22.7 Å². The molecule has 3 aliphatic heterocycles. The SMILES string of the molecule is C[C@]12CC=C3C(=O)O[C@H](c4ccoc4)C[C@@]3(C)[C@@H]1C[C@H]1COC(=O)[C@@]12O[C@@H]1O[C@H](CO)[C@@H](O)[C@H](O)[C@H]1O. The second kappa shape index (κ2) is 8.36. The molecule has 0 bridgehead atoms. The minimum Gasteiger partial charge on any atom is -0.472 e. The molecule has 1 saturated carbocycles. The van der Waals surface area contributed by atoms with E-state index >= 15 is 0 Å². The molecule has 0 spiro atoms. The molecule has 4 heterocycles. The van der Waals surface area contributed by atoms with Crippen molar-refractivity contribution in [3.05, 3.63) is 35.8 Å². The third kappa shape index (κ3) is 3.22. The van der Waals surface area contributed by atoms with Crippen molar-refractivity contribution in [1.82, 2.24) is 0 Å². The van der Waals surface area contributed by atoms with Crippen LogP contribution in [0, 0.1) is 22.7 Å². The molecule has 2 aliphatic carbocycles. The molecule has 0 aromatic carbocycles. The van der Waals surface area contributed by atoms with Crippen LogP contribution in [0.2, 0.25) is 0 Å². The van der Waals surface area contributed by atoms with Crippen LogP contribution in [0.4, 0.5) is 0 Å². The van der Waals surface area contributed by atoms with Crippen LogP contribution >= 0.6 is 0 Å². The molecule has 6 rings (SSSR count). The summed E-state index contributed by atoms with van der Waals surface area (Å²) in [5.74, 6) is -1.59. The van der Waals surface area contributed by atoms with Gasteiger partial charge in [0.1, 0.15) is 30.5 Å². The molecule has 5 aliphatic rings. The van der Waals surface area contributed by atoms with Crippen molar-refractivity contribution < 1.29 is 53.4 Å². The molecule has 3 saturated heterocycles. The lowest BCUT2D eigenvalue weighted by molar-refractivity contribution is -0.336. The van der Waals surface area contributed by atoms with E-state index in [2.05, 4.69) is 0 Å². The zero-order chi connectivity index (χ0) is 26.3. The van der Waals surface area contributed by atoms with Crippen LogP contribution in [0.15, 0.2) is 34.7 Å². The second-order valence-electron chi connectivity index (χ2n) is 11.4. The number of carbonyl (C=O) groups excluding carboxylic acids is 2. The summed E-state index contributed by atoms with van der Waals surface area (Å²) in [5.41, 5.74) is -1.72. The van der Waals surface area contributed by atoms with Crippen molar-refractivity contribution >= 4 is 11.9 Å². The Labute approximate surface area is 212 Å². The topological polar surface area (TPSA) is 165 Å². The lowest BCUT2D eigenvalue weighted by atomic mass is 9.52. The lowest BCUT2D eigenvalue weighted by Gasteiger charge is -2.55. The van der Waals surface area contributed by atoms with Crippen molar-refractivity contribution in [2.75, 3.05) is 13.2 Å². The number of aliphatic hydroxyl groups is 4. The average molecular weight is 521 g/mol. The molecule has 11 nitrogen and oxygen atoms in total. The Balaban J connectivity index is 1.39. The molecule has 11 heteroatoms. The van der Waals surface area contributed by atoms with Crippen LogP contribution in [0.3, 0.4) is 0 Å². The molecule has 0 amide bonds. The van der Waals surface area contributed by atoms with Gasteiger partial charge in [0.15, 0.2) is 11.9 Å². The van der Waals surface area contributed by atoms with Crippen LogP contribution in [0.5, 0.6) is 0 Å². The largest absolute Gasteiger partial charge is 0.472 e. The Morgan fingerprint density at radius 2 is 1.92 bits per heavy atom. The summed E-state index contributed by atoms with van der Waals surface area (Å²) >= 11 is 0. The first-order valence-corrected chi connectivity index (χ1v) is 12.7. The number of allylic oxidation sites excluding steroid dienone is 1. The van der Waals surface area contributed by atoms with Crippen LogP contribution < -0.4 is 0 Å². The number of aliphatic hydroxyl groups excluding tert-OH is 4. The summed E-state index contributed by atoms with van der Waals surface area (Å²) in [6, 6.07) is 1.77. The second-order valence-corrected chi connectivity index (χ2v) is 11.4. The van der Waals surface area contributed by atoms with Gasteiger partial charge in [0.25, 0.3) is 0 Å². The summed E-state index contributed by atoms with van der Waals surface area (Å²) in [6.07, 6.45) is -1.82. The van der Waals surface area contributed by atoms with Crippen molar-refractivity contribution in [2.45, 2.75) is 75.5 Å². The van der Waals surface area contributed by atoms with Crippen molar-refractivity contribution in [3.63, 3.8) is 0 Å². The van der Waals surface area contributed by atoms with Crippen LogP contribution in [-0.4, -0.2) is 81.9 Å².